The summed E-state index contributed by atoms with van der Waals surface area (Å²) in [6, 6.07) is 7.98. The van der Waals surface area contributed by atoms with Crippen molar-refractivity contribution in [1.82, 2.24) is 15.2 Å². The summed E-state index contributed by atoms with van der Waals surface area (Å²) in [7, 11) is 0. The molecule has 0 saturated carbocycles. The van der Waals surface area contributed by atoms with Crippen LogP contribution in [-0.4, -0.2) is 41.7 Å². The van der Waals surface area contributed by atoms with Gasteiger partial charge < -0.3 is 15.0 Å². The standard InChI is InChI=1S/C18H23N3O2S/c22-18(20-9-7-17-6-3-11-24-17)21(14-16-5-2-10-23-16)13-15-4-1-8-19-12-15/h1,3-4,6,8,11-12,16H,2,5,7,9-10,13-14H2,(H,20,22)/t16-/m0/s1. The highest BCUT2D eigenvalue weighted by Crippen LogP contribution is 2.15. The van der Waals surface area contributed by atoms with Gasteiger partial charge in [-0.2, -0.15) is 0 Å². The van der Waals surface area contributed by atoms with E-state index in [4.69, 9.17) is 4.74 Å². The number of pyridine rings is 1. The molecule has 0 aliphatic carbocycles. The highest BCUT2D eigenvalue weighted by molar-refractivity contribution is 7.09. The Bertz CT molecular complexity index is 612. The van der Waals surface area contributed by atoms with E-state index < -0.39 is 0 Å². The van der Waals surface area contributed by atoms with Gasteiger partial charge >= 0.3 is 6.03 Å². The van der Waals surface area contributed by atoms with E-state index in [1.807, 2.05) is 23.1 Å². The van der Waals surface area contributed by atoms with Crippen molar-refractivity contribution in [2.75, 3.05) is 19.7 Å². The fourth-order valence-electron chi connectivity index (χ4n) is 2.82. The lowest BCUT2D eigenvalue weighted by Gasteiger charge is -2.25. The van der Waals surface area contributed by atoms with Gasteiger partial charge in [0.25, 0.3) is 0 Å². The van der Waals surface area contributed by atoms with Crippen molar-refractivity contribution >= 4 is 17.4 Å². The number of urea groups is 1. The van der Waals surface area contributed by atoms with Gasteiger partial charge in [-0.1, -0.05) is 12.1 Å². The molecule has 3 heterocycles. The second-order valence-electron chi connectivity index (χ2n) is 5.94. The smallest absolute Gasteiger partial charge is 0.317 e. The second-order valence-corrected chi connectivity index (χ2v) is 6.97. The van der Waals surface area contributed by atoms with Gasteiger partial charge in [-0.15, -0.1) is 11.3 Å². The number of nitrogens with zero attached hydrogens (tertiary/aromatic N) is 2. The van der Waals surface area contributed by atoms with Crippen molar-refractivity contribution in [2.45, 2.75) is 31.9 Å². The minimum atomic E-state index is -0.0362. The molecule has 1 N–H and O–H groups in total. The molecule has 2 aromatic rings. The molecule has 1 aliphatic heterocycles. The van der Waals surface area contributed by atoms with E-state index >= 15 is 0 Å². The van der Waals surface area contributed by atoms with Gasteiger partial charge in [-0.25, -0.2) is 4.79 Å². The molecule has 6 heteroatoms. The monoisotopic (exact) mass is 345 g/mol. The number of carbonyl (C=O) groups is 1. The van der Waals surface area contributed by atoms with Crippen molar-refractivity contribution in [3.05, 3.63) is 52.5 Å². The number of hydrogen-bond donors (Lipinski definition) is 1. The molecule has 1 fully saturated rings. The maximum Gasteiger partial charge on any atom is 0.317 e. The van der Waals surface area contributed by atoms with Crippen molar-refractivity contribution in [3.8, 4) is 0 Å². The van der Waals surface area contributed by atoms with E-state index in [9.17, 15) is 4.79 Å². The van der Waals surface area contributed by atoms with Crippen LogP contribution >= 0.6 is 11.3 Å². The zero-order valence-electron chi connectivity index (χ0n) is 13.7. The summed E-state index contributed by atoms with van der Waals surface area (Å²) in [6.07, 6.45) is 6.66. The normalized spacial score (nSPS) is 16.9. The molecule has 1 saturated heterocycles. The molecule has 0 bridgehead atoms. The lowest BCUT2D eigenvalue weighted by molar-refractivity contribution is 0.0795. The number of aromatic nitrogens is 1. The predicted octanol–water partition coefficient (Wildman–Crippen LogP) is 3.08. The molecule has 1 aliphatic rings. The van der Waals surface area contributed by atoms with Gasteiger partial charge in [0.1, 0.15) is 0 Å². The first kappa shape index (κ1) is 16.9. The van der Waals surface area contributed by atoms with Crippen LogP contribution in [0.1, 0.15) is 23.3 Å². The summed E-state index contributed by atoms with van der Waals surface area (Å²) in [4.78, 5) is 19.9. The number of thiophene rings is 1. The Morgan fingerprint density at radius 3 is 3.08 bits per heavy atom. The molecule has 128 valence electrons. The first-order valence-corrected chi connectivity index (χ1v) is 9.25. The molecule has 1 atom stereocenters. The van der Waals surface area contributed by atoms with E-state index in [1.165, 1.54) is 4.88 Å². The van der Waals surface area contributed by atoms with E-state index in [0.29, 0.717) is 19.6 Å². The minimum absolute atomic E-state index is 0.0362. The van der Waals surface area contributed by atoms with Crippen molar-refractivity contribution in [3.63, 3.8) is 0 Å². The van der Waals surface area contributed by atoms with Crippen molar-refractivity contribution < 1.29 is 9.53 Å². The maximum absolute atomic E-state index is 12.6. The largest absolute Gasteiger partial charge is 0.376 e. The molecule has 0 aromatic carbocycles. The fraction of sp³-hybridized carbons (Fsp3) is 0.444. The zero-order chi connectivity index (χ0) is 16.6. The lowest BCUT2D eigenvalue weighted by atomic mass is 10.2. The number of hydrogen-bond acceptors (Lipinski definition) is 4. The average molecular weight is 345 g/mol. The third-order valence-electron chi connectivity index (χ3n) is 4.06. The van der Waals surface area contributed by atoms with Crippen LogP contribution in [0.3, 0.4) is 0 Å². The van der Waals surface area contributed by atoms with E-state index in [-0.39, 0.29) is 12.1 Å². The zero-order valence-corrected chi connectivity index (χ0v) is 14.5. The molecule has 2 aromatic heterocycles. The van der Waals surface area contributed by atoms with Gasteiger partial charge in [-0.05, 0) is 42.3 Å². The molecule has 0 unspecified atom stereocenters. The topological polar surface area (TPSA) is 54.5 Å². The van der Waals surface area contributed by atoms with Crippen LogP contribution in [-0.2, 0) is 17.7 Å². The maximum atomic E-state index is 12.6. The molecule has 0 radical (unpaired) electrons. The van der Waals surface area contributed by atoms with Gasteiger partial charge in [0.15, 0.2) is 0 Å². The van der Waals surface area contributed by atoms with Crippen LogP contribution in [0.15, 0.2) is 42.0 Å². The summed E-state index contributed by atoms with van der Waals surface area (Å²) in [6.45, 7) is 2.62. The van der Waals surface area contributed by atoms with E-state index in [1.54, 1.807) is 23.7 Å². The third-order valence-corrected chi connectivity index (χ3v) is 5.00. The number of nitrogens with one attached hydrogen (secondary N) is 1. The Hall–Kier alpha value is -1.92. The number of ether oxygens (including phenoxy) is 1. The van der Waals surface area contributed by atoms with E-state index in [2.05, 4.69) is 21.7 Å². The molecule has 0 spiro atoms. The van der Waals surface area contributed by atoms with Crippen LogP contribution in [0.5, 0.6) is 0 Å². The first-order chi connectivity index (χ1) is 11.8. The Balaban J connectivity index is 1.55. The average Bonchev–Trinajstić information content (AvgIpc) is 3.29. The summed E-state index contributed by atoms with van der Waals surface area (Å²) < 4.78 is 5.70. The number of carbonyl (C=O) groups excluding carboxylic acids is 1. The summed E-state index contributed by atoms with van der Waals surface area (Å²) in [5.41, 5.74) is 1.03. The first-order valence-electron chi connectivity index (χ1n) is 8.37. The molecule has 2 amide bonds. The fourth-order valence-corrected chi connectivity index (χ4v) is 3.53. The summed E-state index contributed by atoms with van der Waals surface area (Å²) in [5.74, 6) is 0. The number of rotatable bonds is 7. The van der Waals surface area contributed by atoms with Crippen LogP contribution in [0.2, 0.25) is 0 Å². The van der Waals surface area contributed by atoms with Gasteiger partial charge in [-0.3, -0.25) is 4.98 Å². The number of amides is 2. The van der Waals surface area contributed by atoms with Crippen LogP contribution in [0.25, 0.3) is 0 Å². The van der Waals surface area contributed by atoms with Crippen LogP contribution < -0.4 is 5.32 Å². The van der Waals surface area contributed by atoms with Crippen molar-refractivity contribution in [1.29, 1.82) is 0 Å². The molecule has 5 nitrogen and oxygen atoms in total. The molecule has 3 rings (SSSR count). The lowest BCUT2D eigenvalue weighted by Crippen LogP contribution is -2.43. The van der Waals surface area contributed by atoms with Gasteiger partial charge in [0.2, 0.25) is 0 Å². The Kier molecular flexibility index (Phi) is 6.20. The third kappa shape index (κ3) is 5.04. The minimum Gasteiger partial charge on any atom is -0.376 e. The second kappa shape index (κ2) is 8.80. The van der Waals surface area contributed by atoms with Crippen LogP contribution in [0.4, 0.5) is 4.79 Å². The Morgan fingerprint density at radius 2 is 2.38 bits per heavy atom. The molecular weight excluding hydrogens is 322 g/mol. The van der Waals surface area contributed by atoms with E-state index in [0.717, 1.165) is 31.4 Å². The van der Waals surface area contributed by atoms with Gasteiger partial charge in [0, 0.05) is 43.5 Å². The SMILES string of the molecule is O=C(NCCc1cccs1)N(Cc1cccnc1)C[C@@H]1CCCO1. The summed E-state index contributed by atoms with van der Waals surface area (Å²) in [5, 5.41) is 5.09. The Morgan fingerprint density at radius 1 is 1.42 bits per heavy atom. The highest BCUT2D eigenvalue weighted by atomic mass is 32.1. The quantitative estimate of drug-likeness (QED) is 0.839. The predicted molar refractivity (Wildman–Crippen MR) is 95.0 cm³/mol. The van der Waals surface area contributed by atoms with Crippen molar-refractivity contribution in [2.24, 2.45) is 0 Å². The Labute approximate surface area is 146 Å². The summed E-state index contributed by atoms with van der Waals surface area (Å²) >= 11 is 1.72. The molecule has 24 heavy (non-hydrogen) atoms. The highest BCUT2D eigenvalue weighted by Gasteiger charge is 2.22. The van der Waals surface area contributed by atoms with Gasteiger partial charge in [0.05, 0.1) is 6.10 Å². The molecular formula is C18H23N3O2S. The van der Waals surface area contributed by atoms with Crippen LogP contribution in [0, 0.1) is 0 Å².